The van der Waals surface area contributed by atoms with E-state index < -0.39 is 0 Å². The van der Waals surface area contributed by atoms with Crippen molar-refractivity contribution in [2.24, 2.45) is 0 Å². The van der Waals surface area contributed by atoms with Gasteiger partial charge in [0.2, 0.25) is 0 Å². The monoisotopic (exact) mass is 215 g/mol. The summed E-state index contributed by atoms with van der Waals surface area (Å²) >= 11 is 0. The minimum Gasteiger partial charge on any atom is -0.506 e. The zero-order valence-corrected chi connectivity index (χ0v) is 9.61. The molecule has 0 amide bonds. The molecule has 2 nitrogen and oxygen atoms in total. The van der Waals surface area contributed by atoms with Crippen molar-refractivity contribution in [3.63, 3.8) is 0 Å². The molecule has 0 unspecified atom stereocenters. The van der Waals surface area contributed by atoms with Gasteiger partial charge in [0.05, 0.1) is 0 Å². The van der Waals surface area contributed by atoms with E-state index in [0.29, 0.717) is 0 Å². The van der Waals surface area contributed by atoms with E-state index >= 15 is 0 Å². The summed E-state index contributed by atoms with van der Waals surface area (Å²) in [7, 11) is 0. The number of fused-ring (bicyclic) bond motifs is 1. The fraction of sp³-hybridized carbons (Fsp3) is 0.357. The summed E-state index contributed by atoms with van der Waals surface area (Å²) in [6.07, 6.45) is 6.47. The van der Waals surface area contributed by atoms with Crippen molar-refractivity contribution in [2.75, 3.05) is 0 Å². The second kappa shape index (κ2) is 4.97. The van der Waals surface area contributed by atoms with Crippen molar-refractivity contribution in [2.45, 2.75) is 32.6 Å². The predicted molar refractivity (Wildman–Crippen MR) is 66.6 cm³/mol. The number of aromatic nitrogens is 1. The first-order valence-corrected chi connectivity index (χ1v) is 5.88. The molecule has 0 fully saturated rings. The maximum atomic E-state index is 9.70. The van der Waals surface area contributed by atoms with Crippen molar-refractivity contribution >= 4 is 10.9 Å². The number of nitrogens with zero attached hydrogens (tertiary/aromatic N) is 1. The molecule has 0 atom stereocenters. The second-order valence-electron chi connectivity index (χ2n) is 4.10. The highest BCUT2D eigenvalue weighted by Gasteiger charge is 2.05. The summed E-state index contributed by atoms with van der Waals surface area (Å²) in [5, 5.41) is 10.8. The largest absolute Gasteiger partial charge is 0.506 e. The smallest absolute Gasteiger partial charge is 0.141 e. The standard InChI is InChI=1S/C14H17NO/c1-2-3-4-6-11-8-9-13(16)14-12(11)7-5-10-15-14/h5,7-10,16H,2-4,6H2,1H3. The van der Waals surface area contributed by atoms with Gasteiger partial charge >= 0.3 is 0 Å². The lowest BCUT2D eigenvalue weighted by Gasteiger charge is -2.06. The molecule has 0 radical (unpaired) electrons. The first-order chi connectivity index (χ1) is 7.83. The molecular formula is C14H17NO. The lowest BCUT2D eigenvalue weighted by atomic mass is 10.0. The van der Waals surface area contributed by atoms with Crippen LogP contribution in [0.15, 0.2) is 30.5 Å². The van der Waals surface area contributed by atoms with E-state index in [9.17, 15) is 5.11 Å². The van der Waals surface area contributed by atoms with Crippen LogP contribution in [0.25, 0.3) is 10.9 Å². The quantitative estimate of drug-likeness (QED) is 0.789. The Labute approximate surface area is 96.0 Å². The van der Waals surface area contributed by atoms with Crippen LogP contribution in [0.2, 0.25) is 0 Å². The number of pyridine rings is 1. The van der Waals surface area contributed by atoms with Crippen LogP contribution < -0.4 is 0 Å². The molecule has 0 saturated carbocycles. The zero-order valence-electron chi connectivity index (χ0n) is 9.61. The minimum absolute atomic E-state index is 0.273. The zero-order chi connectivity index (χ0) is 11.4. The van der Waals surface area contributed by atoms with Crippen molar-refractivity contribution in [3.8, 4) is 5.75 Å². The predicted octanol–water partition coefficient (Wildman–Crippen LogP) is 3.67. The Morgan fingerprint density at radius 1 is 1.19 bits per heavy atom. The van der Waals surface area contributed by atoms with E-state index in [-0.39, 0.29) is 5.75 Å². The van der Waals surface area contributed by atoms with E-state index in [1.165, 1.54) is 24.8 Å². The molecule has 2 heteroatoms. The van der Waals surface area contributed by atoms with Gasteiger partial charge in [-0.25, -0.2) is 0 Å². The Kier molecular flexibility index (Phi) is 3.40. The average Bonchev–Trinajstić information content (AvgIpc) is 2.33. The van der Waals surface area contributed by atoms with E-state index in [1.807, 2.05) is 18.2 Å². The molecule has 2 rings (SSSR count). The molecular weight excluding hydrogens is 198 g/mol. The summed E-state index contributed by atoms with van der Waals surface area (Å²) in [5.41, 5.74) is 2.01. The van der Waals surface area contributed by atoms with Gasteiger partial charge in [-0.3, -0.25) is 4.98 Å². The third-order valence-electron chi connectivity index (χ3n) is 2.89. The van der Waals surface area contributed by atoms with E-state index in [2.05, 4.69) is 11.9 Å². The lowest BCUT2D eigenvalue weighted by molar-refractivity contribution is 0.480. The van der Waals surface area contributed by atoms with Gasteiger partial charge in [-0.2, -0.15) is 0 Å². The Morgan fingerprint density at radius 2 is 2.06 bits per heavy atom. The second-order valence-corrected chi connectivity index (χ2v) is 4.10. The number of hydrogen-bond donors (Lipinski definition) is 1. The van der Waals surface area contributed by atoms with Crippen LogP contribution in [0.5, 0.6) is 5.75 Å². The van der Waals surface area contributed by atoms with Gasteiger partial charge in [-0.05, 0) is 30.5 Å². The summed E-state index contributed by atoms with van der Waals surface area (Å²) in [6, 6.07) is 7.71. The lowest BCUT2D eigenvalue weighted by Crippen LogP contribution is -1.89. The van der Waals surface area contributed by atoms with Gasteiger partial charge in [-0.15, -0.1) is 0 Å². The van der Waals surface area contributed by atoms with Gasteiger partial charge in [0.1, 0.15) is 11.3 Å². The topological polar surface area (TPSA) is 33.1 Å². The van der Waals surface area contributed by atoms with Crippen LogP contribution in [-0.4, -0.2) is 10.1 Å². The Bertz CT molecular complexity index is 479. The third kappa shape index (κ3) is 2.16. The summed E-state index contributed by atoms with van der Waals surface area (Å²) in [4.78, 5) is 4.22. The maximum absolute atomic E-state index is 9.70. The molecule has 0 aliphatic heterocycles. The number of phenols is 1. The molecule has 0 saturated heterocycles. The number of unbranched alkanes of at least 4 members (excludes halogenated alkanes) is 2. The number of aromatic hydroxyl groups is 1. The Hall–Kier alpha value is -1.57. The van der Waals surface area contributed by atoms with E-state index in [0.717, 1.165) is 17.3 Å². The van der Waals surface area contributed by atoms with Crippen LogP contribution in [0.1, 0.15) is 31.7 Å². The highest BCUT2D eigenvalue weighted by Crippen LogP contribution is 2.26. The van der Waals surface area contributed by atoms with Gasteiger partial charge < -0.3 is 5.11 Å². The Morgan fingerprint density at radius 3 is 2.88 bits per heavy atom. The fourth-order valence-corrected chi connectivity index (χ4v) is 2.00. The molecule has 1 heterocycles. The van der Waals surface area contributed by atoms with Crippen LogP contribution in [-0.2, 0) is 6.42 Å². The average molecular weight is 215 g/mol. The van der Waals surface area contributed by atoms with Crippen molar-refractivity contribution in [3.05, 3.63) is 36.0 Å². The highest BCUT2D eigenvalue weighted by atomic mass is 16.3. The highest BCUT2D eigenvalue weighted by molar-refractivity contribution is 5.87. The van der Waals surface area contributed by atoms with E-state index in [1.54, 1.807) is 12.3 Å². The molecule has 2 aromatic rings. The van der Waals surface area contributed by atoms with Crippen LogP contribution in [0, 0.1) is 0 Å². The molecule has 1 aromatic carbocycles. The summed E-state index contributed by atoms with van der Waals surface area (Å²) < 4.78 is 0. The summed E-state index contributed by atoms with van der Waals surface area (Å²) in [6.45, 7) is 2.20. The first-order valence-electron chi connectivity index (χ1n) is 5.88. The first kappa shape index (κ1) is 10.9. The van der Waals surface area contributed by atoms with Crippen molar-refractivity contribution < 1.29 is 5.11 Å². The maximum Gasteiger partial charge on any atom is 0.141 e. The molecule has 0 bridgehead atoms. The van der Waals surface area contributed by atoms with Gasteiger partial charge in [0, 0.05) is 11.6 Å². The van der Waals surface area contributed by atoms with Crippen LogP contribution in [0.3, 0.4) is 0 Å². The molecule has 0 spiro atoms. The van der Waals surface area contributed by atoms with Crippen molar-refractivity contribution in [1.82, 2.24) is 4.98 Å². The van der Waals surface area contributed by atoms with Crippen LogP contribution >= 0.6 is 0 Å². The number of phenolic OH excluding ortho intramolecular Hbond substituents is 1. The third-order valence-corrected chi connectivity index (χ3v) is 2.89. The van der Waals surface area contributed by atoms with Crippen LogP contribution in [0.4, 0.5) is 0 Å². The molecule has 84 valence electrons. The van der Waals surface area contributed by atoms with Gasteiger partial charge in [-0.1, -0.05) is 31.9 Å². The summed E-state index contributed by atoms with van der Waals surface area (Å²) in [5.74, 6) is 0.273. The number of aryl methyl sites for hydroxylation is 1. The minimum atomic E-state index is 0.273. The SMILES string of the molecule is CCCCCc1ccc(O)c2ncccc12. The molecule has 16 heavy (non-hydrogen) atoms. The normalized spacial score (nSPS) is 10.8. The van der Waals surface area contributed by atoms with Gasteiger partial charge in [0.15, 0.2) is 0 Å². The van der Waals surface area contributed by atoms with Gasteiger partial charge in [0.25, 0.3) is 0 Å². The molecule has 1 N–H and O–H groups in total. The number of benzene rings is 1. The van der Waals surface area contributed by atoms with Crippen molar-refractivity contribution in [1.29, 1.82) is 0 Å². The number of rotatable bonds is 4. The van der Waals surface area contributed by atoms with E-state index in [4.69, 9.17) is 0 Å². The molecule has 1 aromatic heterocycles. The fourth-order valence-electron chi connectivity index (χ4n) is 2.00. The number of hydrogen-bond acceptors (Lipinski definition) is 2. The molecule has 0 aliphatic rings. The molecule has 0 aliphatic carbocycles. The Balaban J connectivity index is 2.35.